The number of carbonyl (C=O) groups is 3. The highest BCUT2D eigenvalue weighted by Gasteiger charge is 2.26. The summed E-state index contributed by atoms with van der Waals surface area (Å²) < 4.78 is 5.57. The van der Waals surface area contributed by atoms with Gasteiger partial charge in [-0.2, -0.15) is 0 Å². The van der Waals surface area contributed by atoms with Crippen LogP contribution in [0.5, 0.6) is 5.75 Å². The van der Waals surface area contributed by atoms with Gasteiger partial charge in [-0.25, -0.2) is 0 Å². The van der Waals surface area contributed by atoms with Gasteiger partial charge in [0.2, 0.25) is 5.91 Å². The maximum atomic E-state index is 13.3. The Bertz CT molecular complexity index is 1380. The van der Waals surface area contributed by atoms with Crippen molar-refractivity contribution < 1.29 is 19.1 Å². The Morgan fingerprint density at radius 2 is 2.00 bits per heavy atom. The summed E-state index contributed by atoms with van der Waals surface area (Å²) in [6.07, 6.45) is 1.57. The van der Waals surface area contributed by atoms with Crippen molar-refractivity contribution in [2.24, 2.45) is 0 Å². The van der Waals surface area contributed by atoms with E-state index in [0.717, 1.165) is 16.5 Å². The number of amides is 3. The molecule has 8 nitrogen and oxygen atoms in total. The monoisotopic (exact) mass is 474 g/mol. The van der Waals surface area contributed by atoms with Crippen molar-refractivity contribution in [2.45, 2.75) is 25.5 Å². The summed E-state index contributed by atoms with van der Waals surface area (Å²) >= 11 is 1.31. The minimum absolute atomic E-state index is 0.253. The molecular weight excluding hydrogens is 452 g/mol. The van der Waals surface area contributed by atoms with E-state index >= 15 is 0 Å². The number of aromatic amines is 1. The Balaban J connectivity index is 1.39. The highest BCUT2D eigenvalue weighted by Crippen LogP contribution is 2.32. The lowest BCUT2D eigenvalue weighted by Gasteiger charge is -2.24. The number of hydrogen-bond donors (Lipinski definition) is 4. The number of aromatic nitrogens is 1. The summed E-state index contributed by atoms with van der Waals surface area (Å²) in [7, 11) is 0. The zero-order chi connectivity index (χ0) is 23.7. The molecule has 3 amide bonds. The van der Waals surface area contributed by atoms with Crippen molar-refractivity contribution in [2.75, 3.05) is 10.6 Å². The summed E-state index contributed by atoms with van der Waals surface area (Å²) in [5.41, 5.74) is 2.84. The lowest BCUT2D eigenvalue weighted by molar-refractivity contribution is -0.122. The maximum absolute atomic E-state index is 13.3. The summed E-state index contributed by atoms with van der Waals surface area (Å²) in [5, 5.41) is 11.3. The second-order valence-electron chi connectivity index (χ2n) is 8.02. The summed E-state index contributed by atoms with van der Waals surface area (Å²) in [5.74, 6) is -0.399. The minimum Gasteiger partial charge on any atom is -0.479 e. The molecule has 9 heteroatoms. The topological polar surface area (TPSA) is 112 Å². The standard InChI is InChI=1S/C25H22N4O4S/c1-14-23(30)28-19-12-16(8-9-21(19)33-14)27-24(31)20(29-25(32)22-7-4-10-34-22)11-15-13-26-18-6-3-2-5-17(15)18/h2-10,12-14,20,26H,11H2,1H3,(H,27,31)(H,28,30)(H,29,32)/t14?,20-/m0/s1. The third-order valence-corrected chi connectivity index (χ3v) is 6.51. The van der Waals surface area contributed by atoms with Crippen LogP contribution < -0.4 is 20.7 Å². The van der Waals surface area contributed by atoms with Gasteiger partial charge in [0, 0.05) is 29.2 Å². The number of anilines is 2. The Morgan fingerprint density at radius 1 is 1.15 bits per heavy atom. The van der Waals surface area contributed by atoms with Crippen LogP contribution in [0, 0.1) is 0 Å². The molecule has 2 aromatic heterocycles. The van der Waals surface area contributed by atoms with E-state index in [0.29, 0.717) is 28.4 Å². The van der Waals surface area contributed by atoms with Crippen LogP contribution in [0.25, 0.3) is 10.9 Å². The van der Waals surface area contributed by atoms with Crippen LogP contribution in [0.15, 0.2) is 66.2 Å². The van der Waals surface area contributed by atoms with E-state index in [1.165, 1.54) is 11.3 Å². The molecule has 2 aromatic carbocycles. The number of H-pyrrole nitrogens is 1. The number of rotatable bonds is 6. The molecule has 0 spiro atoms. The Hall–Kier alpha value is -4.11. The zero-order valence-electron chi connectivity index (χ0n) is 18.3. The van der Waals surface area contributed by atoms with Gasteiger partial charge in [-0.05, 0) is 48.2 Å². The molecule has 1 aliphatic heterocycles. The lowest BCUT2D eigenvalue weighted by Crippen LogP contribution is -2.45. The van der Waals surface area contributed by atoms with Gasteiger partial charge in [-0.15, -0.1) is 11.3 Å². The molecule has 3 heterocycles. The third-order valence-electron chi connectivity index (χ3n) is 5.64. The fourth-order valence-corrected chi connectivity index (χ4v) is 4.51. The maximum Gasteiger partial charge on any atom is 0.265 e. The molecule has 0 saturated carbocycles. The zero-order valence-corrected chi connectivity index (χ0v) is 19.1. The first-order chi connectivity index (χ1) is 16.5. The summed E-state index contributed by atoms with van der Waals surface area (Å²) in [6, 6.07) is 15.5. The molecule has 0 fully saturated rings. The second kappa shape index (κ2) is 9.03. The number of carbonyl (C=O) groups excluding carboxylic acids is 3. The van der Waals surface area contributed by atoms with E-state index in [2.05, 4.69) is 20.9 Å². The Kier molecular flexibility index (Phi) is 5.77. The molecule has 4 aromatic rings. The van der Waals surface area contributed by atoms with Crippen LogP contribution >= 0.6 is 11.3 Å². The largest absolute Gasteiger partial charge is 0.479 e. The van der Waals surface area contributed by atoms with Gasteiger partial charge < -0.3 is 25.7 Å². The van der Waals surface area contributed by atoms with Crippen LogP contribution in [-0.4, -0.2) is 34.9 Å². The van der Waals surface area contributed by atoms with Crippen LogP contribution in [-0.2, 0) is 16.0 Å². The third kappa shape index (κ3) is 4.38. The molecule has 172 valence electrons. The van der Waals surface area contributed by atoms with Gasteiger partial charge in [0.05, 0.1) is 10.6 Å². The van der Waals surface area contributed by atoms with Crippen molar-refractivity contribution in [1.82, 2.24) is 10.3 Å². The number of para-hydroxylation sites is 1. The van der Waals surface area contributed by atoms with E-state index in [9.17, 15) is 14.4 Å². The van der Waals surface area contributed by atoms with Gasteiger partial charge in [0.25, 0.3) is 11.8 Å². The lowest BCUT2D eigenvalue weighted by atomic mass is 10.0. The molecule has 0 bridgehead atoms. The van der Waals surface area contributed by atoms with Crippen molar-refractivity contribution in [1.29, 1.82) is 0 Å². The van der Waals surface area contributed by atoms with Crippen molar-refractivity contribution in [3.8, 4) is 5.75 Å². The average Bonchev–Trinajstić information content (AvgIpc) is 3.50. The van der Waals surface area contributed by atoms with Gasteiger partial charge in [-0.3, -0.25) is 14.4 Å². The van der Waals surface area contributed by atoms with Crippen molar-refractivity contribution >= 4 is 51.3 Å². The fraction of sp³-hybridized carbons (Fsp3) is 0.160. The van der Waals surface area contributed by atoms with E-state index in [-0.39, 0.29) is 17.7 Å². The predicted molar refractivity (Wildman–Crippen MR) is 131 cm³/mol. The van der Waals surface area contributed by atoms with E-state index in [1.807, 2.05) is 35.8 Å². The van der Waals surface area contributed by atoms with Gasteiger partial charge in [0.15, 0.2) is 6.10 Å². The average molecular weight is 475 g/mol. The number of nitrogens with one attached hydrogen (secondary N) is 4. The van der Waals surface area contributed by atoms with E-state index < -0.39 is 12.1 Å². The van der Waals surface area contributed by atoms with Crippen molar-refractivity contribution in [3.05, 3.63) is 76.6 Å². The molecule has 1 unspecified atom stereocenters. The van der Waals surface area contributed by atoms with E-state index in [4.69, 9.17) is 4.74 Å². The molecule has 0 radical (unpaired) electrons. The molecule has 34 heavy (non-hydrogen) atoms. The number of benzene rings is 2. The summed E-state index contributed by atoms with van der Waals surface area (Å²) in [6.45, 7) is 1.67. The predicted octanol–water partition coefficient (Wildman–Crippen LogP) is 3.93. The highest BCUT2D eigenvalue weighted by molar-refractivity contribution is 7.12. The number of fused-ring (bicyclic) bond motifs is 2. The Morgan fingerprint density at radius 3 is 2.82 bits per heavy atom. The molecule has 0 aliphatic carbocycles. The molecule has 1 aliphatic rings. The molecule has 5 rings (SSSR count). The smallest absolute Gasteiger partial charge is 0.265 e. The van der Waals surface area contributed by atoms with Crippen LogP contribution in [0.3, 0.4) is 0 Å². The SMILES string of the molecule is CC1Oc2ccc(NC(=O)[C@H](Cc3c[nH]c4ccccc34)NC(=O)c3cccs3)cc2NC1=O. The van der Waals surface area contributed by atoms with Gasteiger partial charge in [0.1, 0.15) is 11.8 Å². The first kappa shape index (κ1) is 21.7. The normalized spacial score (nSPS) is 15.7. The fourth-order valence-electron chi connectivity index (χ4n) is 3.88. The van der Waals surface area contributed by atoms with Crippen LogP contribution in [0.1, 0.15) is 22.2 Å². The molecule has 2 atom stereocenters. The minimum atomic E-state index is -0.823. The van der Waals surface area contributed by atoms with Gasteiger partial charge in [-0.1, -0.05) is 24.3 Å². The first-order valence-electron chi connectivity index (χ1n) is 10.8. The first-order valence-corrected chi connectivity index (χ1v) is 11.7. The van der Waals surface area contributed by atoms with E-state index in [1.54, 1.807) is 37.3 Å². The molecule has 0 saturated heterocycles. The number of thiophene rings is 1. The van der Waals surface area contributed by atoms with Crippen LogP contribution in [0.2, 0.25) is 0 Å². The highest BCUT2D eigenvalue weighted by atomic mass is 32.1. The van der Waals surface area contributed by atoms with Gasteiger partial charge >= 0.3 is 0 Å². The molecular formula is C25H22N4O4S. The van der Waals surface area contributed by atoms with Crippen LogP contribution in [0.4, 0.5) is 11.4 Å². The van der Waals surface area contributed by atoms with Crippen molar-refractivity contribution in [3.63, 3.8) is 0 Å². The second-order valence-corrected chi connectivity index (χ2v) is 8.96. The molecule has 4 N–H and O–H groups in total. The quantitative estimate of drug-likeness (QED) is 0.339. The number of ether oxygens (including phenoxy) is 1. The summed E-state index contributed by atoms with van der Waals surface area (Å²) in [4.78, 5) is 41.8. The number of hydrogen-bond acceptors (Lipinski definition) is 5. The Labute approximate surface area is 199 Å².